The second-order valence-electron chi connectivity index (χ2n) is 6.80. The van der Waals surface area contributed by atoms with Crippen molar-refractivity contribution in [3.8, 4) is 0 Å². The third kappa shape index (κ3) is 3.47. The summed E-state index contributed by atoms with van der Waals surface area (Å²) in [7, 11) is -3.52. The summed E-state index contributed by atoms with van der Waals surface area (Å²) in [6.45, 7) is 3.88. The minimum Gasteiger partial charge on any atom is -0.313 e. The Hall–Kier alpha value is -1.96. The SMILES string of the molecule is CCn1c(CC2CCN(S(=O)(=O)c3cccc(Cl)c3)C2)nc2cccnc21. The van der Waals surface area contributed by atoms with Crippen molar-refractivity contribution in [2.75, 3.05) is 13.1 Å². The van der Waals surface area contributed by atoms with Crippen molar-refractivity contribution < 1.29 is 8.42 Å². The molecule has 0 radical (unpaired) electrons. The topological polar surface area (TPSA) is 68.1 Å². The molecule has 8 heteroatoms. The first kappa shape index (κ1) is 18.4. The van der Waals surface area contributed by atoms with E-state index in [4.69, 9.17) is 16.6 Å². The Bertz CT molecular complexity index is 1080. The smallest absolute Gasteiger partial charge is 0.243 e. The summed E-state index contributed by atoms with van der Waals surface area (Å²) in [5.74, 6) is 1.21. The molecule has 2 aromatic heterocycles. The molecule has 6 nitrogen and oxygen atoms in total. The van der Waals surface area contributed by atoms with Gasteiger partial charge in [-0.1, -0.05) is 17.7 Å². The highest BCUT2D eigenvalue weighted by molar-refractivity contribution is 7.89. The van der Waals surface area contributed by atoms with Gasteiger partial charge in [-0.15, -0.1) is 0 Å². The number of hydrogen-bond acceptors (Lipinski definition) is 4. The lowest BCUT2D eigenvalue weighted by Crippen LogP contribution is -2.29. The number of benzene rings is 1. The first-order chi connectivity index (χ1) is 13.0. The van der Waals surface area contributed by atoms with E-state index in [-0.39, 0.29) is 10.8 Å². The summed E-state index contributed by atoms with van der Waals surface area (Å²) in [6.07, 6.45) is 3.33. The third-order valence-electron chi connectivity index (χ3n) is 5.05. The molecule has 0 spiro atoms. The number of nitrogens with zero attached hydrogens (tertiary/aromatic N) is 4. The van der Waals surface area contributed by atoms with Gasteiger partial charge in [0.1, 0.15) is 11.3 Å². The lowest BCUT2D eigenvalue weighted by molar-refractivity contribution is 0.451. The van der Waals surface area contributed by atoms with Crippen LogP contribution in [-0.2, 0) is 23.0 Å². The largest absolute Gasteiger partial charge is 0.313 e. The van der Waals surface area contributed by atoms with Crippen molar-refractivity contribution in [1.82, 2.24) is 18.8 Å². The molecule has 3 heterocycles. The predicted molar refractivity (Wildman–Crippen MR) is 105 cm³/mol. The van der Waals surface area contributed by atoms with Crippen molar-refractivity contribution in [2.24, 2.45) is 5.92 Å². The van der Waals surface area contributed by atoms with Crippen molar-refractivity contribution in [3.63, 3.8) is 0 Å². The number of imidazole rings is 1. The van der Waals surface area contributed by atoms with Gasteiger partial charge >= 0.3 is 0 Å². The van der Waals surface area contributed by atoms with Crippen molar-refractivity contribution in [2.45, 2.75) is 31.2 Å². The zero-order valence-electron chi connectivity index (χ0n) is 15.0. The van der Waals surface area contributed by atoms with E-state index in [0.29, 0.717) is 18.1 Å². The summed E-state index contributed by atoms with van der Waals surface area (Å²) < 4.78 is 29.4. The highest BCUT2D eigenvalue weighted by atomic mass is 35.5. The first-order valence-corrected chi connectivity index (χ1v) is 10.9. The van der Waals surface area contributed by atoms with Crippen molar-refractivity contribution >= 4 is 32.8 Å². The molecule has 27 heavy (non-hydrogen) atoms. The molecule has 0 aliphatic carbocycles. The van der Waals surface area contributed by atoms with Gasteiger partial charge in [-0.3, -0.25) is 0 Å². The molecule has 0 amide bonds. The predicted octanol–water partition coefficient (Wildman–Crippen LogP) is 3.36. The van der Waals surface area contributed by atoms with Crippen molar-refractivity contribution in [3.05, 3.63) is 53.4 Å². The maximum atomic E-state index is 12.9. The number of sulfonamides is 1. The molecule has 1 unspecified atom stereocenters. The summed E-state index contributed by atoms with van der Waals surface area (Å²) in [5, 5.41) is 0.427. The van der Waals surface area contributed by atoms with Crippen LogP contribution >= 0.6 is 11.6 Å². The van der Waals surface area contributed by atoms with Crippen LogP contribution in [0.5, 0.6) is 0 Å². The molecule has 1 fully saturated rings. The monoisotopic (exact) mass is 404 g/mol. The van der Waals surface area contributed by atoms with Gasteiger partial charge in [0.2, 0.25) is 10.0 Å². The minimum absolute atomic E-state index is 0.237. The zero-order chi connectivity index (χ0) is 19.0. The molecule has 142 valence electrons. The molecule has 1 aliphatic heterocycles. The number of aromatic nitrogens is 3. The van der Waals surface area contributed by atoms with Gasteiger partial charge in [-0.05, 0) is 49.6 Å². The van der Waals surface area contributed by atoms with E-state index in [1.54, 1.807) is 28.7 Å². The van der Waals surface area contributed by atoms with E-state index in [1.165, 1.54) is 6.07 Å². The summed E-state index contributed by atoms with van der Waals surface area (Å²) in [6, 6.07) is 10.3. The fourth-order valence-corrected chi connectivity index (χ4v) is 5.54. The lowest BCUT2D eigenvalue weighted by atomic mass is 10.0. The van der Waals surface area contributed by atoms with Crippen LogP contribution in [0.4, 0.5) is 0 Å². The number of hydrogen-bond donors (Lipinski definition) is 0. The average Bonchev–Trinajstić information content (AvgIpc) is 3.26. The molecular formula is C19H21ClN4O2S. The van der Waals surface area contributed by atoms with Gasteiger partial charge in [0, 0.05) is 37.3 Å². The van der Waals surface area contributed by atoms with Crippen LogP contribution in [0.3, 0.4) is 0 Å². The van der Waals surface area contributed by atoms with Gasteiger partial charge in [0.05, 0.1) is 4.90 Å². The van der Waals surface area contributed by atoms with Crippen molar-refractivity contribution in [1.29, 1.82) is 0 Å². The Balaban J connectivity index is 1.54. The highest BCUT2D eigenvalue weighted by Gasteiger charge is 2.33. The van der Waals surface area contributed by atoms with E-state index in [2.05, 4.69) is 16.5 Å². The molecule has 1 atom stereocenters. The van der Waals surface area contributed by atoms with Crippen LogP contribution in [0.1, 0.15) is 19.2 Å². The van der Waals surface area contributed by atoms with Crippen LogP contribution in [0.15, 0.2) is 47.5 Å². The summed E-state index contributed by atoms with van der Waals surface area (Å²) in [4.78, 5) is 9.40. The second kappa shape index (κ2) is 7.22. The number of fused-ring (bicyclic) bond motifs is 1. The Morgan fingerprint density at radius 1 is 1.26 bits per heavy atom. The Morgan fingerprint density at radius 2 is 2.11 bits per heavy atom. The molecule has 1 aromatic carbocycles. The van der Waals surface area contributed by atoms with E-state index < -0.39 is 10.0 Å². The molecular weight excluding hydrogens is 384 g/mol. The standard InChI is InChI=1S/C19H21ClN4O2S/c1-2-24-18(22-17-7-4-9-21-19(17)24)11-14-8-10-23(13-14)27(25,26)16-6-3-5-15(20)12-16/h3-7,9,12,14H,2,8,10-11,13H2,1H3. The first-order valence-electron chi connectivity index (χ1n) is 9.05. The van der Waals surface area contributed by atoms with E-state index in [9.17, 15) is 8.42 Å². The van der Waals surface area contributed by atoms with Gasteiger partial charge in [-0.25, -0.2) is 18.4 Å². The average molecular weight is 405 g/mol. The van der Waals surface area contributed by atoms with Gasteiger partial charge in [0.25, 0.3) is 0 Å². The van der Waals surface area contributed by atoms with E-state index in [0.717, 1.165) is 36.4 Å². The fraction of sp³-hybridized carbons (Fsp3) is 0.368. The fourth-order valence-electron chi connectivity index (χ4n) is 3.71. The molecule has 4 rings (SSSR count). The molecule has 0 saturated carbocycles. The number of halogens is 1. The van der Waals surface area contributed by atoms with E-state index in [1.807, 2.05) is 12.1 Å². The van der Waals surface area contributed by atoms with Gasteiger partial charge in [-0.2, -0.15) is 4.31 Å². The Morgan fingerprint density at radius 3 is 2.89 bits per heavy atom. The molecule has 1 aliphatic rings. The lowest BCUT2D eigenvalue weighted by Gasteiger charge is -2.17. The summed E-state index contributed by atoms with van der Waals surface area (Å²) in [5.41, 5.74) is 1.77. The molecule has 0 N–H and O–H groups in total. The second-order valence-corrected chi connectivity index (χ2v) is 9.17. The minimum atomic E-state index is -3.52. The Labute approximate surface area is 163 Å². The highest BCUT2D eigenvalue weighted by Crippen LogP contribution is 2.28. The van der Waals surface area contributed by atoms with Crippen LogP contribution in [0.2, 0.25) is 5.02 Å². The zero-order valence-corrected chi connectivity index (χ0v) is 16.6. The number of rotatable bonds is 5. The van der Waals surface area contributed by atoms with Gasteiger partial charge < -0.3 is 4.57 Å². The number of aryl methyl sites for hydroxylation is 1. The van der Waals surface area contributed by atoms with Crippen LogP contribution in [-0.4, -0.2) is 40.3 Å². The number of pyridine rings is 1. The van der Waals surface area contributed by atoms with Gasteiger partial charge in [0.15, 0.2) is 5.65 Å². The Kier molecular flexibility index (Phi) is 4.92. The maximum absolute atomic E-state index is 12.9. The summed E-state index contributed by atoms with van der Waals surface area (Å²) >= 11 is 5.97. The molecule has 1 saturated heterocycles. The normalized spacial score (nSPS) is 18.4. The van der Waals surface area contributed by atoms with Crippen LogP contribution < -0.4 is 0 Å². The maximum Gasteiger partial charge on any atom is 0.243 e. The van der Waals surface area contributed by atoms with Crippen LogP contribution in [0, 0.1) is 5.92 Å². The van der Waals surface area contributed by atoms with Crippen LogP contribution in [0.25, 0.3) is 11.2 Å². The third-order valence-corrected chi connectivity index (χ3v) is 7.15. The quantitative estimate of drug-likeness (QED) is 0.653. The molecule has 0 bridgehead atoms. The molecule has 3 aromatic rings. The van der Waals surface area contributed by atoms with E-state index >= 15 is 0 Å².